The molecule has 20 heavy (non-hydrogen) atoms. The highest BCUT2D eigenvalue weighted by atomic mass is 16.5. The summed E-state index contributed by atoms with van der Waals surface area (Å²) in [4.78, 5) is 11.9. The molecule has 0 saturated carbocycles. The van der Waals surface area contributed by atoms with Crippen LogP contribution in [0, 0.1) is 0 Å². The second-order valence-electron chi connectivity index (χ2n) is 4.41. The van der Waals surface area contributed by atoms with Crippen molar-refractivity contribution >= 4 is 5.91 Å². The fourth-order valence-corrected chi connectivity index (χ4v) is 1.86. The number of amides is 1. The molecule has 0 unspecified atom stereocenters. The largest absolute Gasteiger partial charge is 0.497 e. The minimum atomic E-state index is -0.134. The predicted octanol–water partition coefficient (Wildman–Crippen LogP) is 1.88. The average molecular weight is 273 g/mol. The average Bonchev–Trinajstić information content (AvgIpc) is 2.97. The lowest BCUT2D eigenvalue weighted by Crippen LogP contribution is -2.26. The van der Waals surface area contributed by atoms with Gasteiger partial charge in [-0.2, -0.15) is 5.10 Å². The fourth-order valence-electron chi connectivity index (χ4n) is 1.86. The van der Waals surface area contributed by atoms with Crippen molar-refractivity contribution < 1.29 is 9.53 Å². The van der Waals surface area contributed by atoms with Gasteiger partial charge in [-0.05, 0) is 37.1 Å². The molecule has 2 aromatic rings. The Morgan fingerprint density at radius 2 is 2.05 bits per heavy atom. The number of benzene rings is 1. The standard InChI is InChI=1S/C15H19N3O2/c1-3-18-11-9-14(17-18)15(19)16-10-8-12-4-6-13(20-2)7-5-12/h4-7,9,11H,3,8,10H2,1-2H3,(H,16,19). The first-order valence-corrected chi connectivity index (χ1v) is 6.67. The third-order valence-electron chi connectivity index (χ3n) is 3.06. The van der Waals surface area contributed by atoms with E-state index in [0.29, 0.717) is 12.2 Å². The number of carbonyl (C=O) groups is 1. The van der Waals surface area contributed by atoms with Gasteiger partial charge in [0.2, 0.25) is 0 Å². The first kappa shape index (κ1) is 14.1. The highest BCUT2D eigenvalue weighted by Gasteiger charge is 2.08. The molecule has 2 rings (SSSR count). The van der Waals surface area contributed by atoms with E-state index in [1.807, 2.05) is 31.2 Å². The third-order valence-corrected chi connectivity index (χ3v) is 3.06. The van der Waals surface area contributed by atoms with E-state index in [1.165, 1.54) is 0 Å². The van der Waals surface area contributed by atoms with Crippen molar-refractivity contribution in [3.63, 3.8) is 0 Å². The molecule has 0 fully saturated rings. The van der Waals surface area contributed by atoms with Crippen LogP contribution < -0.4 is 10.1 Å². The van der Waals surface area contributed by atoms with Gasteiger partial charge < -0.3 is 10.1 Å². The Kier molecular flexibility index (Phi) is 4.76. The number of hydrogen-bond acceptors (Lipinski definition) is 3. The van der Waals surface area contributed by atoms with Crippen LogP contribution in [0.1, 0.15) is 23.0 Å². The maximum absolute atomic E-state index is 11.9. The Bertz CT molecular complexity index is 561. The molecule has 0 aliphatic rings. The van der Waals surface area contributed by atoms with Crippen molar-refractivity contribution in [1.82, 2.24) is 15.1 Å². The minimum Gasteiger partial charge on any atom is -0.497 e. The highest BCUT2D eigenvalue weighted by molar-refractivity contribution is 5.92. The summed E-state index contributed by atoms with van der Waals surface area (Å²) in [6.07, 6.45) is 2.59. The lowest BCUT2D eigenvalue weighted by atomic mass is 10.1. The van der Waals surface area contributed by atoms with Crippen LogP contribution in [0.4, 0.5) is 0 Å². The quantitative estimate of drug-likeness (QED) is 0.874. The van der Waals surface area contributed by atoms with Gasteiger partial charge in [-0.15, -0.1) is 0 Å². The second-order valence-corrected chi connectivity index (χ2v) is 4.41. The number of nitrogens with one attached hydrogen (secondary N) is 1. The zero-order valence-corrected chi connectivity index (χ0v) is 11.8. The van der Waals surface area contributed by atoms with Gasteiger partial charge in [-0.3, -0.25) is 9.48 Å². The van der Waals surface area contributed by atoms with E-state index < -0.39 is 0 Å². The molecule has 0 bridgehead atoms. The highest BCUT2D eigenvalue weighted by Crippen LogP contribution is 2.11. The molecular formula is C15H19N3O2. The third kappa shape index (κ3) is 3.60. The molecule has 0 aliphatic heterocycles. The van der Waals surface area contributed by atoms with E-state index in [9.17, 15) is 4.79 Å². The Labute approximate surface area is 118 Å². The molecule has 1 aromatic heterocycles. The van der Waals surface area contributed by atoms with Crippen LogP contribution in [0.2, 0.25) is 0 Å². The SMILES string of the molecule is CCn1ccc(C(=O)NCCc2ccc(OC)cc2)n1. The van der Waals surface area contributed by atoms with Gasteiger partial charge in [0.05, 0.1) is 7.11 Å². The molecule has 1 N–H and O–H groups in total. The van der Waals surface area contributed by atoms with Gasteiger partial charge in [-0.1, -0.05) is 12.1 Å². The first-order chi connectivity index (χ1) is 9.72. The number of hydrogen-bond donors (Lipinski definition) is 1. The molecule has 106 valence electrons. The molecule has 0 aliphatic carbocycles. The Morgan fingerprint density at radius 3 is 2.65 bits per heavy atom. The summed E-state index contributed by atoms with van der Waals surface area (Å²) < 4.78 is 6.84. The summed E-state index contributed by atoms with van der Waals surface area (Å²) in [7, 11) is 1.64. The van der Waals surface area contributed by atoms with Gasteiger partial charge in [0.25, 0.3) is 5.91 Å². The van der Waals surface area contributed by atoms with Crippen molar-refractivity contribution in [3.8, 4) is 5.75 Å². The zero-order chi connectivity index (χ0) is 14.4. The van der Waals surface area contributed by atoms with E-state index in [2.05, 4.69) is 10.4 Å². The fraction of sp³-hybridized carbons (Fsp3) is 0.333. The summed E-state index contributed by atoms with van der Waals surface area (Å²) in [5.74, 6) is 0.702. The number of nitrogens with zero attached hydrogens (tertiary/aromatic N) is 2. The van der Waals surface area contributed by atoms with Crippen LogP contribution in [0.25, 0.3) is 0 Å². The van der Waals surface area contributed by atoms with Gasteiger partial charge in [-0.25, -0.2) is 0 Å². The Morgan fingerprint density at radius 1 is 1.30 bits per heavy atom. The lowest BCUT2D eigenvalue weighted by molar-refractivity contribution is 0.0948. The van der Waals surface area contributed by atoms with Gasteiger partial charge in [0.1, 0.15) is 11.4 Å². The Hall–Kier alpha value is -2.30. The predicted molar refractivity (Wildman–Crippen MR) is 76.9 cm³/mol. The summed E-state index contributed by atoms with van der Waals surface area (Å²) in [5.41, 5.74) is 1.62. The van der Waals surface area contributed by atoms with Crippen molar-refractivity contribution in [2.75, 3.05) is 13.7 Å². The van der Waals surface area contributed by atoms with Crippen LogP contribution in [-0.4, -0.2) is 29.3 Å². The van der Waals surface area contributed by atoms with Crippen molar-refractivity contribution in [2.45, 2.75) is 19.9 Å². The van der Waals surface area contributed by atoms with E-state index in [4.69, 9.17) is 4.74 Å². The number of carbonyl (C=O) groups excluding carboxylic acids is 1. The molecule has 0 radical (unpaired) electrons. The smallest absolute Gasteiger partial charge is 0.271 e. The zero-order valence-electron chi connectivity index (χ0n) is 11.8. The summed E-state index contributed by atoms with van der Waals surface area (Å²) >= 11 is 0. The molecular weight excluding hydrogens is 254 g/mol. The van der Waals surface area contributed by atoms with Gasteiger partial charge in [0, 0.05) is 19.3 Å². The number of methoxy groups -OCH3 is 1. The number of aryl methyl sites for hydroxylation is 1. The molecule has 1 heterocycles. The van der Waals surface area contributed by atoms with Gasteiger partial charge in [0.15, 0.2) is 0 Å². The maximum atomic E-state index is 11.9. The van der Waals surface area contributed by atoms with E-state index >= 15 is 0 Å². The normalized spacial score (nSPS) is 10.3. The van der Waals surface area contributed by atoms with E-state index in [1.54, 1.807) is 24.1 Å². The minimum absolute atomic E-state index is 0.134. The van der Waals surface area contributed by atoms with Crippen LogP contribution in [0.15, 0.2) is 36.5 Å². The van der Waals surface area contributed by atoms with Crippen molar-refractivity contribution in [1.29, 1.82) is 0 Å². The molecule has 0 saturated heterocycles. The molecule has 1 aromatic carbocycles. The number of aromatic nitrogens is 2. The van der Waals surface area contributed by atoms with E-state index in [-0.39, 0.29) is 5.91 Å². The van der Waals surface area contributed by atoms with Crippen LogP contribution in [0.5, 0.6) is 5.75 Å². The summed E-state index contributed by atoms with van der Waals surface area (Å²) in [5, 5.41) is 7.03. The van der Waals surface area contributed by atoms with Crippen molar-refractivity contribution in [3.05, 3.63) is 47.8 Å². The number of rotatable bonds is 6. The molecule has 0 spiro atoms. The molecule has 5 heteroatoms. The van der Waals surface area contributed by atoms with Gasteiger partial charge >= 0.3 is 0 Å². The summed E-state index contributed by atoms with van der Waals surface area (Å²) in [6, 6.07) is 9.56. The maximum Gasteiger partial charge on any atom is 0.271 e. The Balaban J connectivity index is 1.81. The van der Waals surface area contributed by atoms with Crippen LogP contribution in [-0.2, 0) is 13.0 Å². The lowest BCUT2D eigenvalue weighted by Gasteiger charge is -2.05. The number of ether oxygens (including phenoxy) is 1. The van der Waals surface area contributed by atoms with Crippen molar-refractivity contribution in [2.24, 2.45) is 0 Å². The van der Waals surface area contributed by atoms with Crippen LogP contribution >= 0.6 is 0 Å². The monoisotopic (exact) mass is 273 g/mol. The molecule has 5 nitrogen and oxygen atoms in total. The van der Waals surface area contributed by atoms with Crippen LogP contribution in [0.3, 0.4) is 0 Å². The second kappa shape index (κ2) is 6.75. The topological polar surface area (TPSA) is 56.2 Å². The van der Waals surface area contributed by atoms with E-state index in [0.717, 1.165) is 24.3 Å². The molecule has 0 atom stereocenters. The first-order valence-electron chi connectivity index (χ1n) is 6.67. The summed E-state index contributed by atoms with van der Waals surface area (Å²) in [6.45, 7) is 3.33. The molecule has 1 amide bonds.